The largest absolute Gasteiger partial charge is 0.416 e. The van der Waals surface area contributed by atoms with Gasteiger partial charge in [0.1, 0.15) is 0 Å². The molecular formula is C22H29F3N2O2. The van der Waals surface area contributed by atoms with Crippen molar-refractivity contribution in [3.63, 3.8) is 0 Å². The van der Waals surface area contributed by atoms with Crippen molar-refractivity contribution in [2.75, 3.05) is 19.8 Å². The Balaban J connectivity index is 1.38. The second-order valence-corrected chi connectivity index (χ2v) is 8.82. The number of hydrogen-bond donors (Lipinski definition) is 1. The molecule has 160 valence electrons. The molecule has 2 saturated heterocycles. The molecule has 1 amide bonds. The van der Waals surface area contributed by atoms with Crippen LogP contribution >= 0.6 is 0 Å². The van der Waals surface area contributed by atoms with E-state index >= 15 is 0 Å². The maximum absolute atomic E-state index is 12.8. The van der Waals surface area contributed by atoms with E-state index < -0.39 is 11.7 Å². The van der Waals surface area contributed by atoms with Gasteiger partial charge in [0.25, 0.3) is 0 Å². The van der Waals surface area contributed by atoms with E-state index in [0.717, 1.165) is 56.7 Å². The Hall–Kier alpha value is -1.60. The van der Waals surface area contributed by atoms with Gasteiger partial charge >= 0.3 is 6.18 Å². The molecule has 3 fully saturated rings. The lowest BCUT2D eigenvalue weighted by molar-refractivity contribution is -0.137. The number of carbonyl (C=O) groups excluding carboxylic acids is 1. The van der Waals surface area contributed by atoms with Crippen LogP contribution in [0.4, 0.5) is 13.2 Å². The van der Waals surface area contributed by atoms with Crippen LogP contribution in [0.15, 0.2) is 24.3 Å². The molecule has 4 nitrogen and oxygen atoms in total. The predicted molar refractivity (Wildman–Crippen MR) is 103 cm³/mol. The number of amides is 1. The summed E-state index contributed by atoms with van der Waals surface area (Å²) in [5.74, 6) is 1.45. The molecule has 0 radical (unpaired) electrons. The molecule has 1 aromatic rings. The minimum Gasteiger partial charge on any atom is -0.381 e. The average molecular weight is 410 g/mol. The summed E-state index contributed by atoms with van der Waals surface area (Å²) in [4.78, 5) is 14.6. The number of nitrogens with zero attached hydrogens (tertiary/aromatic N) is 1. The van der Waals surface area contributed by atoms with E-state index in [0.29, 0.717) is 36.8 Å². The molecule has 7 heteroatoms. The van der Waals surface area contributed by atoms with Crippen molar-refractivity contribution in [2.24, 2.45) is 17.8 Å². The zero-order chi connectivity index (χ0) is 20.6. The van der Waals surface area contributed by atoms with Gasteiger partial charge in [-0.15, -0.1) is 0 Å². The van der Waals surface area contributed by atoms with Crippen LogP contribution in [0.3, 0.4) is 0 Å². The highest BCUT2D eigenvalue weighted by Crippen LogP contribution is 2.46. The first-order valence-electron chi connectivity index (χ1n) is 10.6. The van der Waals surface area contributed by atoms with Crippen molar-refractivity contribution < 1.29 is 22.7 Å². The lowest BCUT2D eigenvalue weighted by atomic mass is 9.88. The third-order valence-corrected chi connectivity index (χ3v) is 7.02. The van der Waals surface area contributed by atoms with Crippen molar-refractivity contribution in [2.45, 2.75) is 57.4 Å². The van der Waals surface area contributed by atoms with Crippen LogP contribution in [0.2, 0.25) is 0 Å². The lowest BCUT2D eigenvalue weighted by Gasteiger charge is -2.28. The first kappa shape index (κ1) is 20.7. The quantitative estimate of drug-likeness (QED) is 0.802. The summed E-state index contributed by atoms with van der Waals surface area (Å²) in [6, 6.07) is 5.88. The minimum atomic E-state index is -4.33. The van der Waals surface area contributed by atoms with Gasteiger partial charge in [0.2, 0.25) is 5.91 Å². The topological polar surface area (TPSA) is 41.6 Å². The zero-order valence-corrected chi connectivity index (χ0v) is 16.8. The number of fused-ring (bicyclic) bond motifs is 1. The summed E-state index contributed by atoms with van der Waals surface area (Å²) in [5, 5.41) is 3.69. The lowest BCUT2D eigenvalue weighted by Crippen LogP contribution is -2.39. The van der Waals surface area contributed by atoms with Gasteiger partial charge in [0.15, 0.2) is 0 Å². The fourth-order valence-corrected chi connectivity index (χ4v) is 5.35. The number of hydrogen-bond acceptors (Lipinski definition) is 3. The van der Waals surface area contributed by atoms with Gasteiger partial charge in [-0.2, -0.15) is 13.2 Å². The summed E-state index contributed by atoms with van der Waals surface area (Å²) >= 11 is 0. The van der Waals surface area contributed by atoms with Gasteiger partial charge < -0.3 is 15.0 Å². The Kier molecular flexibility index (Phi) is 5.89. The van der Waals surface area contributed by atoms with E-state index in [-0.39, 0.29) is 11.9 Å². The first-order valence-corrected chi connectivity index (χ1v) is 10.6. The van der Waals surface area contributed by atoms with Gasteiger partial charge in [-0.05, 0) is 61.3 Å². The van der Waals surface area contributed by atoms with Crippen molar-refractivity contribution in [3.8, 4) is 0 Å². The number of carbonyl (C=O) groups is 1. The summed E-state index contributed by atoms with van der Waals surface area (Å²) in [5.41, 5.74) is 0.101. The molecule has 4 atom stereocenters. The third kappa shape index (κ3) is 4.45. The highest BCUT2D eigenvalue weighted by atomic mass is 19.4. The number of ether oxygens (including phenoxy) is 1. The van der Waals surface area contributed by atoms with E-state index in [1.54, 1.807) is 0 Å². The predicted octanol–water partition coefficient (Wildman–Crippen LogP) is 3.85. The van der Waals surface area contributed by atoms with Crippen LogP contribution < -0.4 is 5.32 Å². The molecule has 1 aliphatic carbocycles. The van der Waals surface area contributed by atoms with E-state index in [4.69, 9.17) is 4.74 Å². The zero-order valence-electron chi connectivity index (χ0n) is 16.8. The van der Waals surface area contributed by atoms with Gasteiger partial charge in [-0.25, -0.2) is 0 Å². The molecular weight excluding hydrogens is 381 g/mol. The number of benzene rings is 1. The second kappa shape index (κ2) is 8.26. The van der Waals surface area contributed by atoms with Gasteiger partial charge in [0.05, 0.1) is 5.56 Å². The van der Waals surface area contributed by atoms with Crippen molar-refractivity contribution in [1.29, 1.82) is 0 Å². The van der Waals surface area contributed by atoms with Gasteiger partial charge in [-0.3, -0.25) is 4.79 Å². The summed E-state index contributed by atoms with van der Waals surface area (Å²) in [6.07, 6.45) is -0.742. The number of halogens is 3. The number of rotatable bonds is 5. The van der Waals surface area contributed by atoms with Crippen LogP contribution in [0.1, 0.15) is 43.7 Å². The maximum atomic E-state index is 12.8. The van der Waals surface area contributed by atoms with Crippen LogP contribution in [0.5, 0.6) is 0 Å². The molecule has 2 aliphatic heterocycles. The van der Waals surface area contributed by atoms with Crippen molar-refractivity contribution >= 4 is 5.91 Å². The molecule has 0 unspecified atom stereocenters. The van der Waals surface area contributed by atoms with Crippen LogP contribution in [-0.4, -0.2) is 42.6 Å². The Morgan fingerprint density at radius 1 is 1.17 bits per heavy atom. The van der Waals surface area contributed by atoms with Crippen LogP contribution in [0, 0.1) is 17.8 Å². The van der Waals surface area contributed by atoms with E-state index in [1.807, 2.05) is 4.90 Å². The maximum Gasteiger partial charge on any atom is 0.416 e. The third-order valence-electron chi connectivity index (χ3n) is 7.02. The molecule has 3 aliphatic rings. The molecule has 0 spiro atoms. The Morgan fingerprint density at radius 2 is 1.86 bits per heavy atom. The fraction of sp³-hybridized carbons (Fsp3) is 0.682. The Morgan fingerprint density at radius 3 is 2.52 bits per heavy atom. The number of nitrogens with one attached hydrogen (secondary N) is 1. The van der Waals surface area contributed by atoms with E-state index in [9.17, 15) is 18.0 Å². The van der Waals surface area contributed by atoms with E-state index in [2.05, 4.69) is 12.2 Å². The standard InChI is InChI=1S/C22H29F3N2O2/c1-14-10-20-18(19(14)12-26-17-6-8-29-9-7-17)11-21(28)27(20)13-15-2-4-16(5-3-15)22(23,24)25/h2-5,14,17-20,26H,6-13H2,1H3/t14-,18-,19+,20+/m0/s1. The molecule has 29 heavy (non-hydrogen) atoms. The van der Waals surface area contributed by atoms with Gasteiger partial charge in [-0.1, -0.05) is 19.1 Å². The highest BCUT2D eigenvalue weighted by Gasteiger charge is 2.50. The molecule has 1 aromatic carbocycles. The minimum absolute atomic E-state index is 0.128. The van der Waals surface area contributed by atoms with Crippen molar-refractivity contribution in [3.05, 3.63) is 35.4 Å². The molecule has 1 N–H and O–H groups in total. The fourth-order valence-electron chi connectivity index (χ4n) is 5.35. The van der Waals surface area contributed by atoms with Crippen LogP contribution in [0.25, 0.3) is 0 Å². The molecule has 0 bridgehead atoms. The highest BCUT2D eigenvalue weighted by molar-refractivity contribution is 5.79. The molecule has 2 heterocycles. The molecule has 1 saturated carbocycles. The van der Waals surface area contributed by atoms with E-state index in [1.165, 1.54) is 12.1 Å². The second-order valence-electron chi connectivity index (χ2n) is 8.82. The summed E-state index contributed by atoms with van der Waals surface area (Å²) in [7, 11) is 0. The number of likely N-dealkylation sites (tertiary alicyclic amines) is 1. The smallest absolute Gasteiger partial charge is 0.381 e. The first-order chi connectivity index (χ1) is 13.8. The Bertz CT molecular complexity index is 716. The van der Waals surface area contributed by atoms with Crippen LogP contribution in [-0.2, 0) is 22.3 Å². The Labute approximate surface area is 169 Å². The van der Waals surface area contributed by atoms with Gasteiger partial charge in [0, 0.05) is 38.3 Å². The summed E-state index contributed by atoms with van der Waals surface area (Å²) < 4.78 is 43.8. The summed E-state index contributed by atoms with van der Waals surface area (Å²) in [6.45, 7) is 5.20. The SMILES string of the molecule is C[C@H]1C[C@@H]2[C@@H](CC(=O)N2Cc2ccc(C(F)(F)F)cc2)[C@@H]1CNC1CCOCC1. The molecule has 0 aromatic heterocycles. The normalized spacial score (nSPS) is 30.8. The van der Waals surface area contributed by atoms with Crippen molar-refractivity contribution in [1.82, 2.24) is 10.2 Å². The average Bonchev–Trinajstić information content (AvgIpc) is 3.15. The monoisotopic (exact) mass is 410 g/mol. The number of alkyl halides is 3. The molecule has 4 rings (SSSR count).